The van der Waals surface area contributed by atoms with Gasteiger partial charge in [0.25, 0.3) is 5.24 Å². The van der Waals surface area contributed by atoms with E-state index in [4.69, 9.17) is 0 Å². The van der Waals surface area contributed by atoms with Crippen LogP contribution in [0.3, 0.4) is 0 Å². The molecule has 1 N–H and O–H groups in total. The topological polar surface area (TPSA) is 49.4 Å². The van der Waals surface area contributed by atoms with E-state index in [2.05, 4.69) is 5.32 Å². The highest BCUT2D eigenvalue weighted by molar-refractivity contribution is 8.12. The fourth-order valence-corrected chi connectivity index (χ4v) is 1.34. The van der Waals surface area contributed by atoms with Gasteiger partial charge in [0.2, 0.25) is 5.91 Å². The molecule has 0 aromatic carbocycles. The number of nitrogens with one attached hydrogen (secondary N) is 1. The molecule has 0 unspecified atom stereocenters. The van der Waals surface area contributed by atoms with Crippen LogP contribution in [0, 0.1) is 0 Å². The van der Waals surface area contributed by atoms with Crippen LogP contribution in [-0.4, -0.2) is 41.9 Å². The van der Waals surface area contributed by atoms with Gasteiger partial charge in [-0.25, -0.2) is 0 Å². The van der Waals surface area contributed by atoms with E-state index >= 15 is 0 Å². The third-order valence-electron chi connectivity index (χ3n) is 1.47. The van der Waals surface area contributed by atoms with Crippen molar-refractivity contribution >= 4 is 22.9 Å². The number of nitrogens with zero attached hydrogens (tertiary/aromatic N) is 1. The van der Waals surface area contributed by atoms with Gasteiger partial charge in [0.15, 0.2) is 0 Å². The highest BCUT2D eigenvalue weighted by Gasteiger charge is 2.19. The van der Waals surface area contributed by atoms with E-state index in [0.717, 1.165) is 11.8 Å². The quantitative estimate of drug-likeness (QED) is 0.558. The summed E-state index contributed by atoms with van der Waals surface area (Å²) in [6.07, 6.45) is 1.72. The molecule has 62 valence electrons. The van der Waals surface area contributed by atoms with Crippen LogP contribution in [0.4, 0.5) is 4.79 Å². The normalized spacial score (nSPS) is 17.9. The van der Waals surface area contributed by atoms with Gasteiger partial charge in [0.1, 0.15) is 6.54 Å². The van der Waals surface area contributed by atoms with Crippen LogP contribution in [0.1, 0.15) is 0 Å². The fourth-order valence-electron chi connectivity index (χ4n) is 0.924. The van der Waals surface area contributed by atoms with Gasteiger partial charge in [-0.3, -0.25) is 9.59 Å². The predicted octanol–water partition coefficient (Wildman–Crippen LogP) is -0.0988. The van der Waals surface area contributed by atoms with Gasteiger partial charge < -0.3 is 10.2 Å². The van der Waals surface area contributed by atoms with Gasteiger partial charge in [-0.1, -0.05) is 11.8 Å². The summed E-state index contributed by atoms with van der Waals surface area (Å²) in [6, 6.07) is 0. The summed E-state index contributed by atoms with van der Waals surface area (Å²) in [5, 5.41) is 2.62. The van der Waals surface area contributed by atoms with Gasteiger partial charge in [-0.15, -0.1) is 0 Å². The molecule has 1 aliphatic rings. The molecular weight excluding hydrogens is 164 g/mol. The Balaban J connectivity index is 2.45. The first-order valence-corrected chi connectivity index (χ1v) is 4.56. The number of hydrogen-bond donors (Lipinski definition) is 1. The van der Waals surface area contributed by atoms with E-state index in [1.807, 2.05) is 0 Å². The Bertz CT molecular complexity index is 183. The van der Waals surface area contributed by atoms with Crippen LogP contribution in [0.15, 0.2) is 0 Å². The van der Waals surface area contributed by atoms with Crippen molar-refractivity contribution in [3.63, 3.8) is 0 Å². The Labute approximate surface area is 69.3 Å². The van der Waals surface area contributed by atoms with E-state index in [1.54, 1.807) is 11.2 Å². The lowest BCUT2D eigenvalue weighted by Crippen LogP contribution is -2.48. The van der Waals surface area contributed by atoms with Crippen molar-refractivity contribution in [1.82, 2.24) is 10.2 Å². The van der Waals surface area contributed by atoms with Gasteiger partial charge in [0, 0.05) is 13.1 Å². The van der Waals surface area contributed by atoms with Crippen molar-refractivity contribution < 1.29 is 9.59 Å². The number of amides is 2. The largest absolute Gasteiger partial charge is 0.353 e. The van der Waals surface area contributed by atoms with Crippen LogP contribution >= 0.6 is 11.8 Å². The second kappa shape index (κ2) is 3.61. The second-order valence-electron chi connectivity index (χ2n) is 2.24. The maximum Gasteiger partial charge on any atom is 0.281 e. The molecule has 11 heavy (non-hydrogen) atoms. The van der Waals surface area contributed by atoms with E-state index in [9.17, 15) is 9.59 Å². The molecule has 1 aliphatic heterocycles. The zero-order valence-electron chi connectivity index (χ0n) is 6.29. The smallest absolute Gasteiger partial charge is 0.281 e. The SMILES string of the molecule is CSC(=O)N1CCNC(=O)C1. The molecule has 4 nitrogen and oxygen atoms in total. The van der Waals surface area contributed by atoms with Crippen LogP contribution in [-0.2, 0) is 4.79 Å². The monoisotopic (exact) mass is 174 g/mol. The maximum absolute atomic E-state index is 11.0. The number of piperazine rings is 1. The molecule has 0 spiro atoms. The van der Waals surface area contributed by atoms with Crippen LogP contribution < -0.4 is 5.32 Å². The highest BCUT2D eigenvalue weighted by Crippen LogP contribution is 2.05. The van der Waals surface area contributed by atoms with Crippen LogP contribution in [0.5, 0.6) is 0 Å². The zero-order valence-corrected chi connectivity index (χ0v) is 7.11. The Morgan fingerprint density at radius 3 is 3.00 bits per heavy atom. The molecule has 1 saturated heterocycles. The summed E-state index contributed by atoms with van der Waals surface area (Å²) in [6.45, 7) is 1.41. The lowest BCUT2D eigenvalue weighted by atomic mass is 10.4. The first-order chi connectivity index (χ1) is 5.24. The number of carbonyl (C=O) groups is 2. The molecule has 0 aromatic rings. The lowest BCUT2D eigenvalue weighted by molar-refractivity contribution is -0.123. The summed E-state index contributed by atoms with van der Waals surface area (Å²) in [5.41, 5.74) is 0. The van der Waals surface area contributed by atoms with Crippen molar-refractivity contribution in [3.8, 4) is 0 Å². The highest BCUT2D eigenvalue weighted by atomic mass is 32.2. The van der Waals surface area contributed by atoms with Crippen molar-refractivity contribution in [3.05, 3.63) is 0 Å². The molecule has 1 heterocycles. The van der Waals surface area contributed by atoms with Crippen LogP contribution in [0.2, 0.25) is 0 Å². The number of carbonyl (C=O) groups excluding carboxylic acids is 2. The minimum atomic E-state index is -0.0707. The Kier molecular flexibility index (Phi) is 2.76. The third-order valence-corrected chi connectivity index (χ3v) is 2.08. The molecule has 0 radical (unpaired) electrons. The average Bonchev–Trinajstić information content (AvgIpc) is 2.03. The molecule has 0 bridgehead atoms. The molecular formula is C6H10N2O2S. The molecule has 0 atom stereocenters. The van der Waals surface area contributed by atoms with Crippen molar-refractivity contribution in [2.45, 2.75) is 0 Å². The first kappa shape index (κ1) is 8.39. The fraction of sp³-hybridized carbons (Fsp3) is 0.667. The van der Waals surface area contributed by atoms with Crippen molar-refractivity contribution in [2.24, 2.45) is 0 Å². The zero-order chi connectivity index (χ0) is 8.27. The molecule has 1 rings (SSSR count). The Hall–Kier alpha value is -0.710. The second-order valence-corrected chi connectivity index (χ2v) is 3.00. The minimum absolute atomic E-state index is 0.0279. The third kappa shape index (κ3) is 2.11. The summed E-state index contributed by atoms with van der Waals surface area (Å²) in [5.74, 6) is -0.0707. The number of hydrogen-bond acceptors (Lipinski definition) is 3. The van der Waals surface area contributed by atoms with Gasteiger partial charge in [-0.05, 0) is 6.26 Å². The molecule has 2 amide bonds. The molecule has 1 fully saturated rings. The summed E-state index contributed by atoms with van der Waals surface area (Å²) in [4.78, 5) is 23.3. The average molecular weight is 174 g/mol. The Morgan fingerprint density at radius 1 is 1.73 bits per heavy atom. The van der Waals surface area contributed by atoms with Gasteiger partial charge >= 0.3 is 0 Å². The standard InChI is InChI=1S/C6H10N2O2S/c1-11-6(10)8-3-2-7-5(9)4-8/h2-4H2,1H3,(H,7,9). The van der Waals surface area contributed by atoms with Crippen molar-refractivity contribution in [2.75, 3.05) is 25.9 Å². The lowest BCUT2D eigenvalue weighted by Gasteiger charge is -2.25. The summed E-state index contributed by atoms with van der Waals surface area (Å²) < 4.78 is 0. The van der Waals surface area contributed by atoms with E-state index in [1.165, 1.54) is 0 Å². The van der Waals surface area contributed by atoms with Gasteiger partial charge in [-0.2, -0.15) is 0 Å². The number of thioether (sulfide) groups is 1. The molecule has 5 heteroatoms. The van der Waals surface area contributed by atoms with E-state index in [0.29, 0.717) is 13.1 Å². The molecule has 0 aromatic heterocycles. The van der Waals surface area contributed by atoms with E-state index in [-0.39, 0.29) is 17.7 Å². The summed E-state index contributed by atoms with van der Waals surface area (Å²) >= 11 is 1.14. The maximum atomic E-state index is 11.0. The Morgan fingerprint density at radius 2 is 2.45 bits per heavy atom. The molecule has 0 saturated carbocycles. The van der Waals surface area contributed by atoms with E-state index < -0.39 is 0 Å². The molecule has 0 aliphatic carbocycles. The summed E-state index contributed by atoms with van der Waals surface area (Å²) in [7, 11) is 0. The van der Waals surface area contributed by atoms with Crippen molar-refractivity contribution in [1.29, 1.82) is 0 Å². The van der Waals surface area contributed by atoms with Gasteiger partial charge in [0.05, 0.1) is 0 Å². The minimum Gasteiger partial charge on any atom is -0.353 e. The number of rotatable bonds is 0. The first-order valence-electron chi connectivity index (χ1n) is 3.33. The predicted molar refractivity (Wildman–Crippen MR) is 43.5 cm³/mol. The van der Waals surface area contributed by atoms with Crippen LogP contribution in [0.25, 0.3) is 0 Å².